The Morgan fingerprint density at radius 2 is 2.05 bits per heavy atom. The number of hydrogen-bond acceptors (Lipinski definition) is 4. The van der Waals surface area contributed by atoms with Crippen LogP contribution in [0.5, 0.6) is 0 Å². The largest absolute Gasteiger partial charge is 0.384 e. The maximum atomic E-state index is 12.6. The molecule has 0 bridgehead atoms. The van der Waals surface area contributed by atoms with Gasteiger partial charge in [0, 0.05) is 17.8 Å². The number of nitrogens with two attached hydrogens (primary N) is 1. The molecule has 0 aliphatic rings. The molecule has 0 saturated heterocycles. The van der Waals surface area contributed by atoms with Gasteiger partial charge in [0.25, 0.3) is 5.91 Å². The van der Waals surface area contributed by atoms with Crippen molar-refractivity contribution in [3.8, 4) is 6.07 Å². The van der Waals surface area contributed by atoms with E-state index < -0.39 is 0 Å². The summed E-state index contributed by atoms with van der Waals surface area (Å²) in [6.45, 7) is 0.291. The second kappa shape index (κ2) is 6.73. The first-order valence-electron chi connectivity index (χ1n) is 6.28. The van der Waals surface area contributed by atoms with Gasteiger partial charge in [0.2, 0.25) is 0 Å². The van der Waals surface area contributed by atoms with E-state index in [2.05, 4.69) is 4.98 Å². The van der Waals surface area contributed by atoms with E-state index in [9.17, 15) is 4.79 Å². The van der Waals surface area contributed by atoms with E-state index in [1.54, 1.807) is 12.1 Å². The average molecular weight is 301 g/mol. The van der Waals surface area contributed by atoms with Crippen molar-refractivity contribution >= 4 is 29.0 Å². The van der Waals surface area contributed by atoms with E-state index in [1.165, 1.54) is 17.0 Å². The van der Waals surface area contributed by atoms with Gasteiger partial charge in [-0.25, -0.2) is 4.98 Å². The third-order valence-corrected chi connectivity index (χ3v) is 3.01. The predicted molar refractivity (Wildman–Crippen MR) is 82.0 cm³/mol. The minimum absolute atomic E-state index is 0.159. The van der Waals surface area contributed by atoms with E-state index in [4.69, 9.17) is 22.6 Å². The molecule has 1 heterocycles. The lowest BCUT2D eigenvalue weighted by atomic mass is 10.2. The summed E-state index contributed by atoms with van der Waals surface area (Å²) in [6, 6.07) is 14.1. The van der Waals surface area contributed by atoms with Crippen molar-refractivity contribution in [3.05, 3.63) is 53.2 Å². The Kier molecular flexibility index (Phi) is 4.75. The van der Waals surface area contributed by atoms with Crippen LogP contribution in [0.3, 0.4) is 0 Å². The number of halogens is 1. The average Bonchev–Trinajstić information content (AvgIpc) is 2.47. The highest BCUT2D eigenvalue weighted by atomic mass is 35.5. The van der Waals surface area contributed by atoms with E-state index in [0.29, 0.717) is 17.8 Å². The normalized spacial score (nSPS) is 9.90. The Bertz CT molecular complexity index is 662. The molecule has 0 atom stereocenters. The molecule has 2 rings (SSSR count). The maximum Gasteiger partial charge on any atom is 0.258 e. The molecular formula is C15H13ClN4O. The molecule has 5 nitrogen and oxygen atoms in total. The quantitative estimate of drug-likeness (QED) is 0.880. The summed E-state index contributed by atoms with van der Waals surface area (Å²) in [6.07, 6.45) is 0.231. The first-order chi connectivity index (χ1) is 10.1. The van der Waals surface area contributed by atoms with Gasteiger partial charge in [-0.3, -0.25) is 4.79 Å². The van der Waals surface area contributed by atoms with Gasteiger partial charge >= 0.3 is 0 Å². The molecule has 1 aromatic carbocycles. The summed E-state index contributed by atoms with van der Waals surface area (Å²) in [5.41, 5.74) is 6.67. The molecule has 21 heavy (non-hydrogen) atoms. The lowest BCUT2D eigenvalue weighted by Gasteiger charge is -2.22. The highest BCUT2D eigenvalue weighted by Crippen LogP contribution is 2.20. The predicted octanol–water partition coefficient (Wildman–Crippen LogP) is 2.88. The third kappa shape index (κ3) is 3.71. The van der Waals surface area contributed by atoms with Crippen LogP contribution in [0, 0.1) is 11.3 Å². The van der Waals surface area contributed by atoms with E-state index >= 15 is 0 Å². The van der Waals surface area contributed by atoms with Crippen LogP contribution in [0.15, 0.2) is 42.5 Å². The van der Waals surface area contributed by atoms with Crippen molar-refractivity contribution in [2.75, 3.05) is 17.2 Å². The smallest absolute Gasteiger partial charge is 0.258 e. The summed E-state index contributed by atoms with van der Waals surface area (Å²) >= 11 is 5.84. The summed E-state index contributed by atoms with van der Waals surface area (Å²) in [7, 11) is 0. The van der Waals surface area contributed by atoms with Gasteiger partial charge in [0.15, 0.2) is 0 Å². The standard InChI is InChI=1S/C15H13ClN4O/c16-13-9-11(10-14(18)19-13)15(21)20(8-4-7-17)12-5-2-1-3-6-12/h1-3,5-6,9-10H,4,8H2,(H2,18,19). The van der Waals surface area contributed by atoms with Gasteiger partial charge in [-0.1, -0.05) is 29.8 Å². The SMILES string of the molecule is N#CCCN(C(=O)c1cc(N)nc(Cl)c1)c1ccccc1. The number of aromatic nitrogens is 1. The van der Waals surface area contributed by atoms with Gasteiger partial charge in [0.1, 0.15) is 11.0 Å². The molecule has 0 saturated carbocycles. The zero-order valence-electron chi connectivity index (χ0n) is 11.2. The number of amides is 1. The fourth-order valence-electron chi connectivity index (χ4n) is 1.91. The number of rotatable bonds is 4. The second-order valence-electron chi connectivity index (χ2n) is 4.30. The van der Waals surface area contributed by atoms with Crippen molar-refractivity contribution < 1.29 is 4.79 Å². The Morgan fingerprint density at radius 3 is 2.67 bits per heavy atom. The zero-order chi connectivity index (χ0) is 15.2. The van der Waals surface area contributed by atoms with Crippen LogP contribution in [0.2, 0.25) is 5.15 Å². The molecule has 0 unspecified atom stereocenters. The number of carbonyl (C=O) groups excluding carboxylic acids is 1. The number of nitrogens with zero attached hydrogens (tertiary/aromatic N) is 3. The van der Waals surface area contributed by atoms with E-state index in [0.717, 1.165) is 0 Å². The van der Waals surface area contributed by atoms with E-state index in [-0.39, 0.29) is 23.3 Å². The summed E-state index contributed by atoms with van der Waals surface area (Å²) in [5.74, 6) is -0.0911. The molecule has 2 aromatic rings. The van der Waals surface area contributed by atoms with Crippen molar-refractivity contribution in [3.63, 3.8) is 0 Å². The van der Waals surface area contributed by atoms with Gasteiger partial charge < -0.3 is 10.6 Å². The number of hydrogen-bond donors (Lipinski definition) is 1. The Morgan fingerprint density at radius 1 is 1.33 bits per heavy atom. The number of benzene rings is 1. The van der Waals surface area contributed by atoms with Gasteiger partial charge in [-0.05, 0) is 24.3 Å². The van der Waals surface area contributed by atoms with Crippen LogP contribution in [0.4, 0.5) is 11.5 Å². The molecule has 1 aromatic heterocycles. The third-order valence-electron chi connectivity index (χ3n) is 2.82. The maximum absolute atomic E-state index is 12.6. The molecule has 0 aliphatic carbocycles. The topological polar surface area (TPSA) is 83.0 Å². The van der Waals surface area contributed by atoms with Crippen LogP contribution in [0.25, 0.3) is 0 Å². The molecule has 0 radical (unpaired) electrons. The lowest BCUT2D eigenvalue weighted by molar-refractivity contribution is 0.0987. The summed E-state index contributed by atoms with van der Waals surface area (Å²) in [5, 5.41) is 8.92. The van der Waals surface area contributed by atoms with Gasteiger partial charge in [-0.15, -0.1) is 0 Å². The molecule has 106 valence electrons. The molecule has 2 N–H and O–H groups in total. The fourth-order valence-corrected chi connectivity index (χ4v) is 2.13. The van der Waals surface area contributed by atoms with Crippen LogP contribution >= 0.6 is 11.6 Å². The van der Waals surface area contributed by atoms with Crippen molar-refractivity contribution in [1.82, 2.24) is 4.98 Å². The highest BCUT2D eigenvalue weighted by molar-refractivity contribution is 6.30. The number of anilines is 2. The van der Waals surface area contributed by atoms with Crippen LogP contribution in [0.1, 0.15) is 16.8 Å². The van der Waals surface area contributed by atoms with Crippen LogP contribution in [-0.2, 0) is 0 Å². The number of nitriles is 1. The highest BCUT2D eigenvalue weighted by Gasteiger charge is 2.18. The Labute approximate surface area is 127 Å². The lowest BCUT2D eigenvalue weighted by Crippen LogP contribution is -2.31. The molecular weight excluding hydrogens is 288 g/mol. The number of para-hydroxylation sites is 1. The number of pyridine rings is 1. The van der Waals surface area contributed by atoms with Gasteiger partial charge in [0.05, 0.1) is 12.5 Å². The minimum Gasteiger partial charge on any atom is -0.384 e. The van der Waals surface area contributed by atoms with Gasteiger partial charge in [-0.2, -0.15) is 5.26 Å². The molecule has 0 spiro atoms. The number of carbonyl (C=O) groups is 1. The molecule has 0 aliphatic heterocycles. The summed E-state index contributed by atoms with van der Waals surface area (Å²) in [4.78, 5) is 18.0. The Balaban J connectivity index is 2.36. The molecule has 0 fully saturated rings. The van der Waals surface area contributed by atoms with Crippen molar-refractivity contribution in [2.24, 2.45) is 0 Å². The minimum atomic E-state index is -0.271. The first-order valence-corrected chi connectivity index (χ1v) is 6.66. The van der Waals surface area contributed by atoms with E-state index in [1.807, 2.05) is 24.3 Å². The van der Waals surface area contributed by atoms with Crippen molar-refractivity contribution in [1.29, 1.82) is 5.26 Å². The summed E-state index contributed by atoms with van der Waals surface area (Å²) < 4.78 is 0. The van der Waals surface area contributed by atoms with Crippen LogP contribution in [-0.4, -0.2) is 17.4 Å². The zero-order valence-corrected chi connectivity index (χ0v) is 11.9. The monoisotopic (exact) mass is 300 g/mol. The fraction of sp³-hybridized carbons (Fsp3) is 0.133. The first kappa shape index (κ1) is 14.8. The molecule has 6 heteroatoms. The Hall–Kier alpha value is -2.58. The number of nitrogen functional groups attached to an aromatic ring is 1. The van der Waals surface area contributed by atoms with Crippen LogP contribution < -0.4 is 10.6 Å². The molecule has 1 amide bonds. The second-order valence-corrected chi connectivity index (χ2v) is 4.69. The van der Waals surface area contributed by atoms with Crippen molar-refractivity contribution in [2.45, 2.75) is 6.42 Å².